The third-order valence-corrected chi connectivity index (χ3v) is 3.60. The van der Waals surface area contributed by atoms with Crippen molar-refractivity contribution in [1.82, 2.24) is 9.55 Å². The fourth-order valence-electron chi connectivity index (χ4n) is 2.51. The highest BCUT2D eigenvalue weighted by Crippen LogP contribution is 2.35. The molecule has 0 spiro atoms. The number of rotatable bonds is 1. The first-order chi connectivity index (χ1) is 9.40. The molecule has 1 aliphatic rings. The number of carbonyl (C=O) groups is 1. The van der Waals surface area contributed by atoms with Gasteiger partial charge >= 0.3 is 5.97 Å². The van der Waals surface area contributed by atoms with Crippen molar-refractivity contribution in [2.75, 3.05) is 0 Å². The minimum absolute atomic E-state index is 0.181. The molecule has 2 aromatic heterocycles. The van der Waals surface area contributed by atoms with Gasteiger partial charge in [0.1, 0.15) is 11.3 Å². The number of carboxylic acid groups (broad SMARTS) is 1. The second kappa shape index (κ2) is 3.93. The van der Waals surface area contributed by atoms with Gasteiger partial charge in [0.05, 0.1) is 17.9 Å². The number of aromatic hydroxyl groups is 1. The zero-order valence-corrected chi connectivity index (χ0v) is 11.0. The van der Waals surface area contributed by atoms with Crippen LogP contribution in [0, 0.1) is 13.8 Å². The largest absolute Gasteiger partial charge is 0.507 e. The molecule has 3 rings (SSSR count). The van der Waals surface area contributed by atoms with Gasteiger partial charge in [-0.3, -0.25) is 9.78 Å². The van der Waals surface area contributed by atoms with E-state index in [1.54, 1.807) is 0 Å². The van der Waals surface area contributed by atoms with Crippen LogP contribution in [-0.4, -0.2) is 25.7 Å². The summed E-state index contributed by atoms with van der Waals surface area (Å²) in [6, 6.07) is 2.82. The Kier molecular flexibility index (Phi) is 2.44. The van der Waals surface area contributed by atoms with Gasteiger partial charge in [-0.1, -0.05) is 6.07 Å². The maximum absolute atomic E-state index is 11.9. The average Bonchev–Trinajstić information content (AvgIpc) is 2.69. The molecule has 1 aliphatic heterocycles. The lowest BCUT2D eigenvalue weighted by Crippen LogP contribution is -2.20. The number of aromatic carboxylic acids is 1. The van der Waals surface area contributed by atoms with Gasteiger partial charge < -0.3 is 14.8 Å². The van der Waals surface area contributed by atoms with E-state index in [0.717, 1.165) is 22.9 Å². The fraction of sp³-hybridized carbons (Fsp3) is 0.214. The van der Waals surface area contributed by atoms with E-state index in [1.807, 2.05) is 19.9 Å². The Labute approximate surface area is 114 Å². The highest BCUT2D eigenvalue weighted by molar-refractivity contribution is 5.98. The number of carboxylic acids is 1. The van der Waals surface area contributed by atoms with E-state index in [9.17, 15) is 19.8 Å². The molecule has 0 unspecified atom stereocenters. The summed E-state index contributed by atoms with van der Waals surface area (Å²) in [6.45, 7) is 4.00. The quantitative estimate of drug-likeness (QED) is 0.696. The molecule has 0 atom stereocenters. The van der Waals surface area contributed by atoms with Crippen LogP contribution < -0.4 is 5.56 Å². The van der Waals surface area contributed by atoms with Gasteiger partial charge in [0.15, 0.2) is 0 Å². The van der Waals surface area contributed by atoms with Crippen molar-refractivity contribution in [3.63, 3.8) is 0 Å². The van der Waals surface area contributed by atoms with Gasteiger partial charge in [-0.25, -0.2) is 4.79 Å². The highest BCUT2D eigenvalue weighted by atomic mass is 16.4. The Morgan fingerprint density at radius 1 is 1.35 bits per heavy atom. The summed E-state index contributed by atoms with van der Waals surface area (Å²) >= 11 is 0. The first-order valence-electron chi connectivity index (χ1n) is 6.07. The molecule has 6 heteroatoms. The van der Waals surface area contributed by atoms with Gasteiger partial charge in [-0.2, -0.15) is 0 Å². The second-order valence-electron chi connectivity index (χ2n) is 4.88. The highest BCUT2D eigenvalue weighted by Gasteiger charge is 2.30. The lowest BCUT2D eigenvalue weighted by atomic mass is 10.1. The lowest BCUT2D eigenvalue weighted by Gasteiger charge is -2.08. The van der Waals surface area contributed by atoms with Crippen molar-refractivity contribution in [2.45, 2.75) is 20.4 Å². The Morgan fingerprint density at radius 2 is 2.05 bits per heavy atom. The molecule has 6 nitrogen and oxygen atoms in total. The molecule has 2 aromatic rings. The summed E-state index contributed by atoms with van der Waals surface area (Å²) in [7, 11) is 0. The number of hydrogen-bond donors (Lipinski definition) is 2. The molecular formula is C14H12N2O4. The van der Waals surface area contributed by atoms with Crippen LogP contribution in [-0.2, 0) is 6.54 Å². The van der Waals surface area contributed by atoms with Gasteiger partial charge in [0, 0.05) is 17.3 Å². The summed E-state index contributed by atoms with van der Waals surface area (Å²) in [5.74, 6) is -1.80. The van der Waals surface area contributed by atoms with Crippen molar-refractivity contribution in [3.8, 4) is 17.1 Å². The fourth-order valence-corrected chi connectivity index (χ4v) is 2.51. The number of aromatic nitrogens is 2. The van der Waals surface area contributed by atoms with E-state index >= 15 is 0 Å². The van der Waals surface area contributed by atoms with Gasteiger partial charge in [0.2, 0.25) is 0 Å². The van der Waals surface area contributed by atoms with E-state index in [1.165, 1.54) is 4.57 Å². The zero-order chi connectivity index (χ0) is 14.6. The molecule has 0 saturated heterocycles. The lowest BCUT2D eigenvalue weighted by molar-refractivity contribution is 0.0693. The molecule has 0 aliphatic carbocycles. The number of hydrogen-bond acceptors (Lipinski definition) is 4. The van der Waals surface area contributed by atoms with Crippen molar-refractivity contribution >= 4 is 5.97 Å². The van der Waals surface area contributed by atoms with Crippen molar-refractivity contribution in [3.05, 3.63) is 44.9 Å². The SMILES string of the molecule is Cc1cc2c(nc1C)-c1c(C(=O)O)c(O)cc(=O)n1C2. The van der Waals surface area contributed by atoms with E-state index in [2.05, 4.69) is 4.98 Å². The number of aryl methyl sites for hydroxylation is 2. The molecule has 0 amide bonds. The third kappa shape index (κ3) is 1.54. The number of fused-ring (bicyclic) bond motifs is 3. The van der Waals surface area contributed by atoms with Gasteiger partial charge in [0.25, 0.3) is 5.56 Å². The third-order valence-electron chi connectivity index (χ3n) is 3.60. The molecule has 0 radical (unpaired) electrons. The zero-order valence-electron chi connectivity index (χ0n) is 11.0. The molecule has 2 N–H and O–H groups in total. The van der Waals surface area contributed by atoms with Gasteiger partial charge in [-0.15, -0.1) is 0 Å². The van der Waals surface area contributed by atoms with Crippen molar-refractivity contribution < 1.29 is 15.0 Å². The molecule has 0 fully saturated rings. The average molecular weight is 272 g/mol. The summed E-state index contributed by atoms with van der Waals surface area (Å²) in [5.41, 5.74) is 2.46. The van der Waals surface area contributed by atoms with Crippen LogP contribution in [0.25, 0.3) is 11.4 Å². The second-order valence-corrected chi connectivity index (χ2v) is 4.88. The predicted molar refractivity (Wildman–Crippen MR) is 71.1 cm³/mol. The van der Waals surface area contributed by atoms with E-state index < -0.39 is 17.3 Å². The van der Waals surface area contributed by atoms with Crippen LogP contribution in [0.15, 0.2) is 16.9 Å². The monoisotopic (exact) mass is 272 g/mol. The van der Waals surface area contributed by atoms with E-state index in [-0.39, 0.29) is 17.8 Å². The molecule has 102 valence electrons. The van der Waals surface area contributed by atoms with Crippen molar-refractivity contribution in [1.29, 1.82) is 0 Å². The van der Waals surface area contributed by atoms with Crippen LogP contribution in [0.4, 0.5) is 0 Å². The molecule has 0 saturated carbocycles. The minimum Gasteiger partial charge on any atom is -0.507 e. The standard InChI is InChI=1S/C14H12N2O4/c1-6-3-8-5-16-10(18)4-9(17)11(14(19)20)13(16)12(8)15-7(6)2/h3-4,17H,5H2,1-2H3,(H,19,20). The normalized spacial score (nSPS) is 12.1. The van der Waals surface area contributed by atoms with Crippen LogP contribution >= 0.6 is 0 Å². The summed E-state index contributed by atoms with van der Waals surface area (Å²) in [4.78, 5) is 27.7. The number of pyridine rings is 2. The summed E-state index contributed by atoms with van der Waals surface area (Å²) in [5, 5.41) is 19.0. The molecule has 0 bridgehead atoms. The Bertz CT molecular complexity index is 821. The maximum Gasteiger partial charge on any atom is 0.341 e. The first-order valence-corrected chi connectivity index (χ1v) is 6.07. The molecular weight excluding hydrogens is 260 g/mol. The summed E-state index contributed by atoms with van der Waals surface area (Å²) in [6.07, 6.45) is 0. The smallest absolute Gasteiger partial charge is 0.341 e. The van der Waals surface area contributed by atoms with Gasteiger partial charge in [-0.05, 0) is 19.4 Å². The molecule has 0 aromatic carbocycles. The first kappa shape index (κ1) is 12.4. The molecule has 3 heterocycles. The van der Waals surface area contributed by atoms with E-state index in [0.29, 0.717) is 5.69 Å². The summed E-state index contributed by atoms with van der Waals surface area (Å²) < 4.78 is 1.33. The van der Waals surface area contributed by atoms with Crippen LogP contribution in [0.1, 0.15) is 27.2 Å². The Balaban J connectivity index is 2.44. The van der Waals surface area contributed by atoms with Crippen LogP contribution in [0.2, 0.25) is 0 Å². The van der Waals surface area contributed by atoms with Crippen molar-refractivity contribution in [2.24, 2.45) is 0 Å². The predicted octanol–water partition coefficient (Wildman–Crippen LogP) is 1.29. The minimum atomic E-state index is -1.28. The Hall–Kier alpha value is -2.63. The van der Waals surface area contributed by atoms with Crippen LogP contribution in [0.3, 0.4) is 0 Å². The topological polar surface area (TPSA) is 92.4 Å². The number of nitrogens with zero attached hydrogens (tertiary/aromatic N) is 2. The van der Waals surface area contributed by atoms with Crippen LogP contribution in [0.5, 0.6) is 5.75 Å². The Morgan fingerprint density at radius 3 is 2.70 bits per heavy atom. The molecule has 20 heavy (non-hydrogen) atoms. The maximum atomic E-state index is 11.9. The van der Waals surface area contributed by atoms with E-state index in [4.69, 9.17) is 0 Å².